The Morgan fingerprint density at radius 2 is 2.06 bits per heavy atom. The Morgan fingerprint density at radius 1 is 1.39 bits per heavy atom. The quantitative estimate of drug-likeness (QED) is 0.769. The van der Waals surface area contributed by atoms with E-state index >= 15 is 0 Å². The fourth-order valence-electron chi connectivity index (χ4n) is 2.15. The van der Waals surface area contributed by atoms with Crippen molar-refractivity contribution < 1.29 is 14.3 Å². The second-order valence-electron chi connectivity index (χ2n) is 5.10. The van der Waals surface area contributed by atoms with Gasteiger partial charge in [0.25, 0.3) is 0 Å². The van der Waals surface area contributed by atoms with Crippen LogP contribution in [0.25, 0.3) is 5.57 Å². The Labute approximate surface area is 107 Å². The maximum atomic E-state index is 10.9. The predicted molar refractivity (Wildman–Crippen MR) is 70.0 cm³/mol. The first-order valence-electron chi connectivity index (χ1n) is 6.04. The van der Waals surface area contributed by atoms with E-state index in [2.05, 4.69) is 6.58 Å². The van der Waals surface area contributed by atoms with Crippen LogP contribution < -0.4 is 0 Å². The number of carbonyl (C=O) groups is 1. The topological polar surface area (TPSA) is 35.5 Å². The summed E-state index contributed by atoms with van der Waals surface area (Å²) >= 11 is 0. The van der Waals surface area contributed by atoms with Gasteiger partial charge in [0, 0.05) is 6.42 Å². The average molecular weight is 246 g/mol. The van der Waals surface area contributed by atoms with E-state index in [0.717, 1.165) is 11.1 Å². The molecule has 0 bridgehead atoms. The minimum atomic E-state index is -0.806. The van der Waals surface area contributed by atoms with Gasteiger partial charge in [0.15, 0.2) is 6.29 Å². The molecule has 0 aliphatic carbocycles. The maximum Gasteiger partial charge on any atom is 0.215 e. The SMILES string of the molecule is C=C(c1ccccc1)C1CC(C)(C)OC(C=O)O1. The average Bonchev–Trinajstić information content (AvgIpc) is 2.37. The van der Waals surface area contributed by atoms with Gasteiger partial charge in [-0.05, 0) is 25.0 Å². The number of benzene rings is 1. The lowest BCUT2D eigenvalue weighted by molar-refractivity contribution is -0.243. The van der Waals surface area contributed by atoms with Crippen LogP contribution in [-0.2, 0) is 14.3 Å². The zero-order valence-electron chi connectivity index (χ0n) is 10.8. The van der Waals surface area contributed by atoms with Crippen LogP contribution in [-0.4, -0.2) is 24.3 Å². The molecule has 0 spiro atoms. The normalized spacial score (nSPS) is 26.6. The number of hydrogen-bond donors (Lipinski definition) is 0. The highest BCUT2D eigenvalue weighted by Crippen LogP contribution is 2.33. The van der Waals surface area contributed by atoms with Crippen LogP contribution in [0.1, 0.15) is 25.8 Å². The second-order valence-corrected chi connectivity index (χ2v) is 5.10. The number of rotatable bonds is 3. The zero-order valence-corrected chi connectivity index (χ0v) is 10.8. The molecular formula is C15H18O3. The first kappa shape index (κ1) is 13.0. The summed E-state index contributed by atoms with van der Waals surface area (Å²) in [4.78, 5) is 10.9. The molecular weight excluding hydrogens is 228 g/mol. The largest absolute Gasteiger partial charge is 0.340 e. The third kappa shape index (κ3) is 2.86. The lowest BCUT2D eigenvalue weighted by atomic mass is 9.91. The summed E-state index contributed by atoms with van der Waals surface area (Å²) in [6, 6.07) is 9.86. The Balaban J connectivity index is 2.17. The lowest BCUT2D eigenvalue weighted by Crippen LogP contribution is -2.44. The Bertz CT molecular complexity index is 436. The Hall–Kier alpha value is -1.45. The van der Waals surface area contributed by atoms with Crippen LogP contribution >= 0.6 is 0 Å². The molecule has 1 heterocycles. The van der Waals surface area contributed by atoms with E-state index in [9.17, 15) is 4.79 Å². The second kappa shape index (κ2) is 5.04. The molecule has 96 valence electrons. The summed E-state index contributed by atoms with van der Waals surface area (Å²) in [6.45, 7) is 8.00. The zero-order chi connectivity index (χ0) is 13.2. The van der Waals surface area contributed by atoms with Crippen molar-refractivity contribution in [1.29, 1.82) is 0 Å². The van der Waals surface area contributed by atoms with Gasteiger partial charge in [-0.15, -0.1) is 0 Å². The molecule has 1 aromatic carbocycles. The molecule has 0 amide bonds. The molecule has 3 nitrogen and oxygen atoms in total. The van der Waals surface area contributed by atoms with E-state index in [4.69, 9.17) is 9.47 Å². The summed E-state index contributed by atoms with van der Waals surface area (Å²) in [5, 5.41) is 0. The molecule has 18 heavy (non-hydrogen) atoms. The van der Waals surface area contributed by atoms with Crippen molar-refractivity contribution in [1.82, 2.24) is 0 Å². The molecule has 1 fully saturated rings. The van der Waals surface area contributed by atoms with Crippen molar-refractivity contribution in [2.45, 2.75) is 38.3 Å². The minimum absolute atomic E-state index is 0.189. The van der Waals surface area contributed by atoms with Gasteiger partial charge in [-0.2, -0.15) is 0 Å². The van der Waals surface area contributed by atoms with Crippen LogP contribution in [0.5, 0.6) is 0 Å². The van der Waals surface area contributed by atoms with E-state index in [-0.39, 0.29) is 11.7 Å². The fourth-order valence-corrected chi connectivity index (χ4v) is 2.15. The number of hydrogen-bond acceptors (Lipinski definition) is 3. The molecule has 0 aromatic heterocycles. The van der Waals surface area contributed by atoms with Gasteiger partial charge in [-0.3, -0.25) is 4.79 Å². The summed E-state index contributed by atoms with van der Waals surface area (Å²) in [5.74, 6) is 0. The summed E-state index contributed by atoms with van der Waals surface area (Å²) in [7, 11) is 0. The highest BCUT2D eigenvalue weighted by molar-refractivity contribution is 5.67. The van der Waals surface area contributed by atoms with Gasteiger partial charge in [-0.25, -0.2) is 0 Å². The predicted octanol–water partition coefficient (Wildman–Crippen LogP) is 2.81. The van der Waals surface area contributed by atoms with E-state index in [1.54, 1.807) is 0 Å². The Kier molecular flexibility index (Phi) is 3.64. The standard InChI is InChI=1S/C15H18O3/c1-11(12-7-5-4-6-8-12)13-9-15(2,3)18-14(10-16)17-13/h4-8,10,13-14H,1,9H2,2-3H3. The van der Waals surface area contributed by atoms with Crippen molar-refractivity contribution in [3.63, 3.8) is 0 Å². The molecule has 2 atom stereocenters. The van der Waals surface area contributed by atoms with Crippen molar-refractivity contribution in [3.05, 3.63) is 42.5 Å². The van der Waals surface area contributed by atoms with Gasteiger partial charge in [-0.1, -0.05) is 36.9 Å². The molecule has 1 saturated heterocycles. The van der Waals surface area contributed by atoms with Crippen LogP contribution in [0.4, 0.5) is 0 Å². The number of carbonyl (C=O) groups excluding carboxylic acids is 1. The first-order chi connectivity index (χ1) is 8.52. The van der Waals surface area contributed by atoms with Crippen molar-refractivity contribution in [3.8, 4) is 0 Å². The lowest BCUT2D eigenvalue weighted by Gasteiger charge is -2.39. The molecule has 0 N–H and O–H groups in total. The highest BCUT2D eigenvalue weighted by atomic mass is 16.7. The summed E-state index contributed by atoms with van der Waals surface area (Å²) in [6.07, 6.45) is 0.377. The third-order valence-electron chi connectivity index (χ3n) is 3.05. The molecule has 3 heteroatoms. The molecule has 1 aliphatic rings. The molecule has 0 radical (unpaired) electrons. The molecule has 0 saturated carbocycles. The summed E-state index contributed by atoms with van der Waals surface area (Å²) < 4.78 is 11.1. The van der Waals surface area contributed by atoms with E-state index < -0.39 is 6.29 Å². The molecule has 1 aromatic rings. The number of ether oxygens (including phenoxy) is 2. The third-order valence-corrected chi connectivity index (χ3v) is 3.05. The van der Waals surface area contributed by atoms with Crippen molar-refractivity contribution in [2.24, 2.45) is 0 Å². The minimum Gasteiger partial charge on any atom is -0.340 e. The smallest absolute Gasteiger partial charge is 0.215 e. The van der Waals surface area contributed by atoms with Crippen LogP contribution in [0.3, 0.4) is 0 Å². The van der Waals surface area contributed by atoms with Gasteiger partial charge in [0.2, 0.25) is 6.29 Å². The van der Waals surface area contributed by atoms with Gasteiger partial charge in [0.05, 0.1) is 11.7 Å². The van der Waals surface area contributed by atoms with Gasteiger partial charge >= 0.3 is 0 Å². The van der Waals surface area contributed by atoms with E-state index in [0.29, 0.717) is 12.7 Å². The van der Waals surface area contributed by atoms with Crippen LogP contribution in [0.2, 0.25) is 0 Å². The summed E-state index contributed by atoms with van der Waals surface area (Å²) in [5.41, 5.74) is 1.54. The van der Waals surface area contributed by atoms with Crippen molar-refractivity contribution >= 4 is 11.9 Å². The monoisotopic (exact) mass is 246 g/mol. The molecule has 2 rings (SSSR count). The van der Waals surface area contributed by atoms with Crippen LogP contribution in [0.15, 0.2) is 36.9 Å². The highest BCUT2D eigenvalue weighted by Gasteiger charge is 2.36. The fraction of sp³-hybridized carbons (Fsp3) is 0.400. The van der Waals surface area contributed by atoms with Crippen LogP contribution in [0, 0.1) is 0 Å². The van der Waals surface area contributed by atoms with E-state index in [1.165, 1.54) is 0 Å². The first-order valence-corrected chi connectivity index (χ1v) is 6.04. The molecule has 1 aliphatic heterocycles. The molecule has 2 unspecified atom stereocenters. The van der Waals surface area contributed by atoms with E-state index in [1.807, 2.05) is 44.2 Å². The van der Waals surface area contributed by atoms with Gasteiger partial charge in [0.1, 0.15) is 0 Å². The number of aldehydes is 1. The Morgan fingerprint density at radius 3 is 2.67 bits per heavy atom. The maximum absolute atomic E-state index is 10.9. The van der Waals surface area contributed by atoms with Gasteiger partial charge < -0.3 is 9.47 Å². The van der Waals surface area contributed by atoms with Crippen molar-refractivity contribution in [2.75, 3.05) is 0 Å².